The number of halogens is 8. The maximum absolute atomic E-state index is 13.2. The van der Waals surface area contributed by atoms with Crippen LogP contribution in [-0.2, 0) is 28.5 Å². The lowest BCUT2D eigenvalue weighted by Crippen LogP contribution is -2.46. The fourth-order valence-electron chi connectivity index (χ4n) is 7.02. The number of carbonyl (C=O) groups excluding carboxylic acids is 2. The lowest BCUT2D eigenvalue weighted by molar-refractivity contribution is -0.142. The molecule has 3 aromatic rings. The van der Waals surface area contributed by atoms with Gasteiger partial charge in [-0.15, -0.1) is 24.8 Å². The summed E-state index contributed by atoms with van der Waals surface area (Å²) < 4.78 is 75.6. The van der Waals surface area contributed by atoms with Crippen molar-refractivity contribution >= 4 is 48.0 Å². The largest absolute Gasteiger partial charge is 0.433 e. The average molecular weight is 868 g/mol. The molecule has 324 valence electrons. The lowest BCUT2D eigenvalue weighted by atomic mass is 9.87. The Bertz CT molecular complexity index is 1730. The van der Waals surface area contributed by atoms with Crippen LogP contribution in [0.4, 0.5) is 32.2 Å². The van der Waals surface area contributed by atoms with Gasteiger partial charge in [-0.1, -0.05) is 20.0 Å². The Morgan fingerprint density at radius 2 is 1.31 bits per heavy atom. The second-order valence-electron chi connectivity index (χ2n) is 13.6. The average Bonchev–Trinajstić information content (AvgIpc) is 3.17. The molecule has 3 aromatic heterocycles. The number of carbonyl (C=O) groups is 2. The number of rotatable bonds is 8. The number of amides is 1. The number of alkyl halides is 6. The number of nitrogens with zero attached hydrogens (tertiary/aromatic N) is 6. The lowest BCUT2D eigenvalue weighted by Gasteiger charge is -2.37. The Hall–Kier alpha value is -4.06. The zero-order chi connectivity index (χ0) is 38.9. The molecule has 3 saturated heterocycles. The van der Waals surface area contributed by atoms with Gasteiger partial charge >= 0.3 is 12.4 Å². The summed E-state index contributed by atoms with van der Waals surface area (Å²) in [5, 5.41) is 7.23. The molecular weight excluding hydrogens is 813 g/mol. The van der Waals surface area contributed by atoms with Crippen molar-refractivity contribution in [2.24, 2.45) is 22.9 Å². The highest BCUT2D eigenvalue weighted by molar-refractivity contribution is 6.02. The first-order chi connectivity index (χ1) is 25.7. The van der Waals surface area contributed by atoms with Crippen LogP contribution in [0.15, 0.2) is 60.1 Å². The summed E-state index contributed by atoms with van der Waals surface area (Å²) in [6, 6.07) is 8.23. The van der Waals surface area contributed by atoms with E-state index >= 15 is 0 Å². The SMILES string of the molecule is C.C.CON=C(c1ccc(C(F)(F)F)nc1)C1CCN(C(=O)C2CCN(Cc3ccnc(N)c3)CC2)CC1.Cl.Cl.O=C(c1ccc(C(F)(F)F)nc1)C1CCNCC1. The van der Waals surface area contributed by atoms with Gasteiger partial charge in [-0.3, -0.25) is 24.5 Å². The number of piperidine rings is 3. The molecule has 6 rings (SSSR count). The van der Waals surface area contributed by atoms with Crippen molar-refractivity contribution in [2.75, 3.05) is 52.1 Å². The molecule has 3 aliphatic heterocycles. The number of aromatic nitrogens is 3. The number of Topliss-reactive ketones (excluding diaryl/α,β-unsaturated/α-hetero) is 1. The third-order valence-corrected chi connectivity index (χ3v) is 9.97. The molecule has 3 N–H and O–H groups in total. The third-order valence-electron chi connectivity index (χ3n) is 9.97. The molecule has 0 unspecified atom stereocenters. The molecular formula is C39H54Cl2F6N8O3. The van der Waals surface area contributed by atoms with Crippen LogP contribution < -0.4 is 11.1 Å². The first-order valence-corrected chi connectivity index (χ1v) is 17.9. The highest BCUT2D eigenvalue weighted by atomic mass is 35.5. The fraction of sp³-hybridized carbons (Fsp3) is 0.538. The van der Waals surface area contributed by atoms with Crippen molar-refractivity contribution in [1.82, 2.24) is 30.1 Å². The molecule has 19 heteroatoms. The van der Waals surface area contributed by atoms with Crippen LogP contribution in [0.1, 0.15) is 86.3 Å². The van der Waals surface area contributed by atoms with Crippen LogP contribution in [0.25, 0.3) is 0 Å². The Balaban J connectivity index is 0.000000652. The monoisotopic (exact) mass is 866 g/mol. The molecule has 3 aliphatic rings. The molecule has 0 atom stereocenters. The number of nitrogens with one attached hydrogen (secondary N) is 1. The van der Waals surface area contributed by atoms with E-state index < -0.39 is 23.7 Å². The summed E-state index contributed by atoms with van der Waals surface area (Å²) >= 11 is 0. The van der Waals surface area contributed by atoms with Gasteiger partial charge in [0, 0.05) is 67.1 Å². The topological polar surface area (TPSA) is 139 Å². The second-order valence-corrected chi connectivity index (χ2v) is 13.6. The van der Waals surface area contributed by atoms with Crippen molar-refractivity contribution in [3.8, 4) is 0 Å². The molecule has 11 nitrogen and oxygen atoms in total. The first-order valence-electron chi connectivity index (χ1n) is 17.9. The van der Waals surface area contributed by atoms with Gasteiger partial charge in [0.05, 0.1) is 5.71 Å². The number of pyridine rings is 3. The van der Waals surface area contributed by atoms with Gasteiger partial charge in [0.25, 0.3) is 0 Å². The molecule has 0 saturated carbocycles. The fourth-order valence-corrected chi connectivity index (χ4v) is 7.02. The van der Waals surface area contributed by atoms with E-state index in [0.29, 0.717) is 43.0 Å². The molecule has 0 bridgehead atoms. The van der Waals surface area contributed by atoms with Gasteiger partial charge in [-0.2, -0.15) is 26.3 Å². The van der Waals surface area contributed by atoms with Gasteiger partial charge in [0.15, 0.2) is 5.78 Å². The number of hydrogen-bond acceptors (Lipinski definition) is 10. The number of nitrogen functional groups attached to an aromatic ring is 1. The van der Waals surface area contributed by atoms with E-state index in [2.05, 4.69) is 30.3 Å². The number of hydrogen-bond donors (Lipinski definition) is 2. The molecule has 3 fully saturated rings. The summed E-state index contributed by atoms with van der Waals surface area (Å²) in [6.45, 7) is 5.18. The number of ketones is 1. The Morgan fingerprint density at radius 1 is 0.776 bits per heavy atom. The van der Waals surface area contributed by atoms with Crippen LogP contribution in [-0.4, -0.2) is 88.5 Å². The van der Waals surface area contributed by atoms with Crippen molar-refractivity contribution in [3.63, 3.8) is 0 Å². The number of nitrogens with two attached hydrogens (primary N) is 1. The van der Waals surface area contributed by atoms with Gasteiger partial charge in [-0.25, -0.2) is 4.98 Å². The van der Waals surface area contributed by atoms with E-state index in [1.165, 1.54) is 25.4 Å². The highest BCUT2D eigenvalue weighted by Gasteiger charge is 2.35. The van der Waals surface area contributed by atoms with Gasteiger partial charge < -0.3 is 20.8 Å². The van der Waals surface area contributed by atoms with E-state index in [1.54, 1.807) is 6.20 Å². The molecule has 0 radical (unpaired) electrons. The number of likely N-dealkylation sites (tertiary alicyclic amines) is 2. The van der Waals surface area contributed by atoms with Crippen molar-refractivity contribution < 1.29 is 40.8 Å². The van der Waals surface area contributed by atoms with Gasteiger partial charge in [0.2, 0.25) is 5.91 Å². The van der Waals surface area contributed by atoms with Crippen molar-refractivity contribution in [1.29, 1.82) is 0 Å². The third kappa shape index (κ3) is 14.3. The molecule has 6 heterocycles. The molecule has 0 spiro atoms. The molecule has 0 aromatic carbocycles. The van der Waals surface area contributed by atoms with E-state index in [-0.39, 0.29) is 74.7 Å². The van der Waals surface area contributed by atoms with Crippen LogP contribution in [0.3, 0.4) is 0 Å². The van der Waals surface area contributed by atoms with Crippen LogP contribution in [0.2, 0.25) is 0 Å². The standard InChI is InChI=1S/C25H31F3N6O2.C12H13F3N2O.2CH4.2ClH/c1-36-32-23(20-2-3-21(31-15-20)25(26,27)28)18-7-12-34(13-8-18)24(35)19-5-10-33(11-6-19)16-17-4-9-30-22(29)14-17;13-12(14,15)10-2-1-9(7-17-10)11(18)8-3-5-16-6-4-8;;;;/h2-4,9,14-15,18-19H,5-8,10-13,16H2,1H3,(H2,29,30);1-2,7-8,16H,3-6H2;2*1H4;2*1H. The zero-order valence-electron chi connectivity index (χ0n) is 30.7. The summed E-state index contributed by atoms with van der Waals surface area (Å²) in [6.07, 6.45) is -0.642. The maximum Gasteiger partial charge on any atom is 0.433 e. The minimum absolute atomic E-state index is 0. The molecule has 0 aliphatic carbocycles. The zero-order valence-corrected chi connectivity index (χ0v) is 32.3. The van der Waals surface area contributed by atoms with E-state index in [1.807, 2.05) is 17.0 Å². The minimum atomic E-state index is -4.49. The van der Waals surface area contributed by atoms with E-state index in [9.17, 15) is 35.9 Å². The molecule has 1 amide bonds. The second kappa shape index (κ2) is 23.5. The quantitative estimate of drug-likeness (QED) is 0.0999. The number of oxime groups is 1. The van der Waals surface area contributed by atoms with Crippen LogP contribution in [0, 0.1) is 17.8 Å². The first kappa shape index (κ1) is 52.0. The Labute approximate surface area is 348 Å². The minimum Gasteiger partial charge on any atom is -0.399 e. The smallest absolute Gasteiger partial charge is 0.399 e. The van der Waals surface area contributed by atoms with Gasteiger partial charge in [-0.05, 0) is 107 Å². The van der Waals surface area contributed by atoms with Gasteiger partial charge in [0.1, 0.15) is 24.3 Å². The van der Waals surface area contributed by atoms with E-state index in [4.69, 9.17) is 10.6 Å². The summed E-state index contributed by atoms with van der Waals surface area (Å²) in [4.78, 5) is 45.3. The normalized spacial score (nSPS) is 17.2. The Kier molecular flexibility index (Phi) is 21.1. The summed E-state index contributed by atoms with van der Waals surface area (Å²) in [5.41, 5.74) is 6.30. The summed E-state index contributed by atoms with van der Waals surface area (Å²) in [5.74, 6) is 0.452. The van der Waals surface area contributed by atoms with Crippen molar-refractivity contribution in [2.45, 2.75) is 72.3 Å². The highest BCUT2D eigenvalue weighted by Crippen LogP contribution is 2.31. The van der Waals surface area contributed by atoms with Crippen molar-refractivity contribution in [3.05, 3.63) is 83.1 Å². The number of anilines is 1. The van der Waals surface area contributed by atoms with Crippen LogP contribution in [0.5, 0.6) is 0 Å². The molecule has 58 heavy (non-hydrogen) atoms. The maximum atomic E-state index is 13.2. The predicted molar refractivity (Wildman–Crippen MR) is 216 cm³/mol. The summed E-state index contributed by atoms with van der Waals surface area (Å²) in [7, 11) is 1.41. The van der Waals surface area contributed by atoms with E-state index in [0.717, 1.165) is 82.3 Å². The Morgan fingerprint density at radius 3 is 1.79 bits per heavy atom. The van der Waals surface area contributed by atoms with Crippen LogP contribution >= 0.6 is 24.8 Å². The predicted octanol–water partition coefficient (Wildman–Crippen LogP) is 7.98.